The molecule has 0 bridgehead atoms. The Hall–Kier alpha value is -4.60. The van der Waals surface area contributed by atoms with Gasteiger partial charge in [-0.05, 0) is 41.0 Å². The number of anilines is 4. The molecule has 0 spiro atoms. The van der Waals surface area contributed by atoms with Crippen LogP contribution >= 0.6 is 11.3 Å². The van der Waals surface area contributed by atoms with Crippen LogP contribution in [0.15, 0.2) is 109 Å². The van der Waals surface area contributed by atoms with Crippen molar-refractivity contribution >= 4 is 72.5 Å². The van der Waals surface area contributed by atoms with Gasteiger partial charge in [0, 0.05) is 44.5 Å². The van der Waals surface area contributed by atoms with Crippen molar-refractivity contribution in [3.8, 4) is 11.1 Å². The molecule has 3 heterocycles. The molecular formula is C35H24N2S. The van der Waals surface area contributed by atoms with Gasteiger partial charge in [0.25, 0.3) is 0 Å². The average Bonchev–Trinajstić information content (AvgIpc) is 3.27. The monoisotopic (exact) mass is 504 g/mol. The van der Waals surface area contributed by atoms with Crippen molar-refractivity contribution in [2.45, 2.75) is 0 Å². The second kappa shape index (κ2) is 8.47. The van der Waals surface area contributed by atoms with Crippen LogP contribution in [0.2, 0.25) is 0 Å². The quantitative estimate of drug-likeness (QED) is 0.252. The van der Waals surface area contributed by atoms with E-state index in [1.165, 1.54) is 65.1 Å². The molecule has 1 N–H and O–H groups in total. The Bertz CT molecular complexity index is 1920. The smallest absolute Gasteiger partial charge is 0.0712 e. The molecule has 0 saturated carbocycles. The molecule has 38 heavy (non-hydrogen) atoms. The van der Waals surface area contributed by atoms with E-state index in [2.05, 4.69) is 138 Å². The SMILES string of the molecule is C1=Cc2cccc(-c3ccc(N4c5ccccc5C=Cc5ccc6c(sc7ccccc76)c54)cc3)c2NC1. The van der Waals surface area contributed by atoms with Crippen LogP contribution in [0.1, 0.15) is 16.7 Å². The maximum absolute atomic E-state index is 3.57. The van der Waals surface area contributed by atoms with Crippen molar-refractivity contribution in [2.24, 2.45) is 0 Å². The molecule has 5 aromatic carbocycles. The highest BCUT2D eigenvalue weighted by molar-refractivity contribution is 7.26. The molecule has 3 heteroatoms. The molecule has 0 amide bonds. The number of benzene rings is 5. The van der Waals surface area contributed by atoms with E-state index in [0.29, 0.717) is 0 Å². The second-order valence-electron chi connectivity index (χ2n) is 9.81. The van der Waals surface area contributed by atoms with Crippen molar-refractivity contribution in [3.05, 3.63) is 126 Å². The lowest BCUT2D eigenvalue weighted by atomic mass is 9.97. The predicted molar refractivity (Wildman–Crippen MR) is 166 cm³/mol. The van der Waals surface area contributed by atoms with Crippen molar-refractivity contribution in [1.82, 2.24) is 0 Å². The number of rotatable bonds is 2. The molecule has 8 rings (SSSR count). The van der Waals surface area contributed by atoms with E-state index in [0.717, 1.165) is 12.2 Å². The molecule has 2 aliphatic rings. The van der Waals surface area contributed by atoms with Crippen molar-refractivity contribution in [3.63, 3.8) is 0 Å². The number of nitrogens with zero attached hydrogens (tertiary/aromatic N) is 1. The first-order valence-corrected chi connectivity index (χ1v) is 13.8. The number of fused-ring (bicyclic) bond motifs is 7. The minimum Gasteiger partial charge on any atom is -0.381 e. The van der Waals surface area contributed by atoms with E-state index >= 15 is 0 Å². The Morgan fingerprint density at radius 2 is 1.45 bits per heavy atom. The van der Waals surface area contributed by atoms with Crippen LogP contribution < -0.4 is 10.2 Å². The van der Waals surface area contributed by atoms with E-state index in [1.807, 2.05) is 11.3 Å². The molecule has 0 fully saturated rings. The van der Waals surface area contributed by atoms with Crippen molar-refractivity contribution in [2.75, 3.05) is 16.8 Å². The lowest BCUT2D eigenvalue weighted by Gasteiger charge is -2.28. The summed E-state index contributed by atoms with van der Waals surface area (Å²) in [6.45, 7) is 0.863. The number of hydrogen-bond acceptors (Lipinski definition) is 3. The zero-order chi connectivity index (χ0) is 25.1. The predicted octanol–water partition coefficient (Wildman–Crippen LogP) is 10.1. The third-order valence-electron chi connectivity index (χ3n) is 7.62. The highest BCUT2D eigenvalue weighted by atomic mass is 32.1. The Labute approximate surface area is 225 Å². The summed E-state index contributed by atoms with van der Waals surface area (Å²) in [7, 11) is 0. The molecule has 2 nitrogen and oxygen atoms in total. The van der Waals surface area contributed by atoms with Gasteiger partial charge in [-0.3, -0.25) is 0 Å². The zero-order valence-electron chi connectivity index (χ0n) is 20.7. The van der Waals surface area contributed by atoms with E-state index in [-0.39, 0.29) is 0 Å². The molecule has 2 aliphatic heterocycles. The van der Waals surface area contributed by atoms with Gasteiger partial charge in [-0.2, -0.15) is 0 Å². The van der Waals surface area contributed by atoms with Crippen LogP contribution in [0.3, 0.4) is 0 Å². The fourth-order valence-corrected chi connectivity index (χ4v) is 7.09. The van der Waals surface area contributed by atoms with Crippen LogP contribution in [0, 0.1) is 0 Å². The summed E-state index contributed by atoms with van der Waals surface area (Å²) >= 11 is 1.88. The summed E-state index contributed by atoms with van der Waals surface area (Å²) in [4.78, 5) is 2.45. The van der Waals surface area contributed by atoms with Gasteiger partial charge in [-0.15, -0.1) is 11.3 Å². The third-order valence-corrected chi connectivity index (χ3v) is 8.82. The molecule has 6 aromatic rings. The largest absolute Gasteiger partial charge is 0.381 e. The highest BCUT2D eigenvalue weighted by Gasteiger charge is 2.24. The second-order valence-corrected chi connectivity index (χ2v) is 10.9. The molecule has 180 valence electrons. The minimum atomic E-state index is 0.863. The van der Waals surface area contributed by atoms with Crippen LogP contribution in [-0.4, -0.2) is 6.54 Å². The van der Waals surface area contributed by atoms with Crippen LogP contribution in [-0.2, 0) is 0 Å². The van der Waals surface area contributed by atoms with Gasteiger partial charge in [-0.1, -0.05) is 103 Å². The molecule has 0 atom stereocenters. The normalized spacial score (nSPS) is 13.6. The summed E-state index contributed by atoms with van der Waals surface area (Å²) in [6, 6.07) is 37.6. The Morgan fingerprint density at radius 3 is 2.39 bits per heavy atom. The first-order valence-electron chi connectivity index (χ1n) is 13.0. The van der Waals surface area contributed by atoms with Crippen molar-refractivity contribution < 1.29 is 0 Å². The van der Waals surface area contributed by atoms with Crippen molar-refractivity contribution in [1.29, 1.82) is 0 Å². The molecule has 0 saturated heterocycles. The van der Waals surface area contributed by atoms with E-state index in [1.54, 1.807) is 0 Å². The van der Waals surface area contributed by atoms with E-state index < -0.39 is 0 Å². The third kappa shape index (κ3) is 3.26. The minimum absolute atomic E-state index is 0.863. The maximum Gasteiger partial charge on any atom is 0.0712 e. The van der Waals surface area contributed by atoms with Crippen LogP contribution in [0.25, 0.3) is 49.5 Å². The van der Waals surface area contributed by atoms with Gasteiger partial charge in [0.2, 0.25) is 0 Å². The van der Waals surface area contributed by atoms with Gasteiger partial charge in [0.05, 0.1) is 16.1 Å². The lowest BCUT2D eigenvalue weighted by Crippen LogP contribution is -2.12. The first-order chi connectivity index (χ1) is 18.8. The standard InChI is InChI=1S/C35H24N2S/c1-3-12-31-24(7-1)14-15-26-18-21-30-29-10-2-4-13-32(29)38-35(30)34(26)37(31)27-19-16-23(17-20-27)28-11-5-8-25-9-6-22-36-33(25)28/h1-21,36H,22H2. The summed E-state index contributed by atoms with van der Waals surface area (Å²) in [5, 5.41) is 6.21. The van der Waals surface area contributed by atoms with Gasteiger partial charge in [0.15, 0.2) is 0 Å². The van der Waals surface area contributed by atoms with Gasteiger partial charge >= 0.3 is 0 Å². The Morgan fingerprint density at radius 1 is 0.632 bits per heavy atom. The fourth-order valence-electron chi connectivity index (χ4n) is 5.84. The fraction of sp³-hybridized carbons (Fsp3) is 0.0286. The number of para-hydroxylation sites is 2. The lowest BCUT2D eigenvalue weighted by molar-refractivity contribution is 1.29. The van der Waals surface area contributed by atoms with E-state index in [4.69, 9.17) is 0 Å². The number of hydrogen-bond donors (Lipinski definition) is 1. The van der Waals surface area contributed by atoms with Gasteiger partial charge < -0.3 is 10.2 Å². The molecule has 1 aromatic heterocycles. The average molecular weight is 505 g/mol. The highest BCUT2D eigenvalue weighted by Crippen LogP contribution is 2.49. The summed E-state index contributed by atoms with van der Waals surface area (Å²) in [5.41, 5.74) is 11.0. The molecule has 0 unspecified atom stereocenters. The van der Waals surface area contributed by atoms with Crippen LogP contribution in [0.5, 0.6) is 0 Å². The zero-order valence-corrected chi connectivity index (χ0v) is 21.5. The maximum atomic E-state index is 3.57. The summed E-state index contributed by atoms with van der Waals surface area (Å²) in [5.74, 6) is 0. The molecule has 0 aliphatic carbocycles. The first kappa shape index (κ1) is 21.5. The molecule has 0 radical (unpaired) electrons. The number of thiophene rings is 1. The Kier molecular flexibility index (Phi) is 4.79. The topological polar surface area (TPSA) is 15.3 Å². The van der Waals surface area contributed by atoms with Crippen LogP contribution in [0.4, 0.5) is 22.7 Å². The Balaban J connectivity index is 1.34. The van der Waals surface area contributed by atoms with Gasteiger partial charge in [0.1, 0.15) is 0 Å². The number of nitrogens with one attached hydrogen (secondary N) is 1. The van der Waals surface area contributed by atoms with E-state index in [9.17, 15) is 0 Å². The summed E-state index contributed by atoms with van der Waals surface area (Å²) in [6.07, 6.45) is 8.89. The molecular weight excluding hydrogens is 480 g/mol. The van der Waals surface area contributed by atoms with Gasteiger partial charge in [-0.25, -0.2) is 0 Å². The summed E-state index contributed by atoms with van der Waals surface area (Å²) < 4.78 is 2.64.